The Morgan fingerprint density at radius 3 is 1.19 bits per heavy atom. The van der Waals surface area contributed by atoms with E-state index in [4.69, 9.17) is 72.5 Å². The monoisotopic (exact) mass is 1250 g/mol. The van der Waals surface area contributed by atoms with Crippen LogP contribution in [0.15, 0.2) is 109 Å². The average Bonchev–Trinajstić information content (AvgIpc) is 3.54. The second-order valence-electron chi connectivity index (χ2n) is 19.1. The fourth-order valence-corrected chi connectivity index (χ4v) is 4.59. The van der Waals surface area contributed by atoms with Crippen molar-refractivity contribution >= 4 is 36.0 Å². The van der Waals surface area contributed by atoms with Crippen molar-refractivity contribution in [2.24, 2.45) is 28.3 Å². The molecule has 504 valence electrons. The average molecular weight is 1260 g/mol. The molecule has 0 aliphatic heterocycles. The van der Waals surface area contributed by atoms with Gasteiger partial charge in [-0.3, -0.25) is 24.0 Å². The van der Waals surface area contributed by atoms with Crippen LogP contribution in [-0.4, -0.2) is 150 Å². The topological polar surface area (TPSA) is 411 Å². The molecule has 25 heteroatoms. The summed E-state index contributed by atoms with van der Waals surface area (Å²) < 4.78 is 41.8. The van der Waals surface area contributed by atoms with Crippen LogP contribution in [0.4, 0.5) is 4.79 Å². The summed E-state index contributed by atoms with van der Waals surface area (Å²) in [4.78, 5) is 62.7. The minimum absolute atomic E-state index is 0.0200. The highest BCUT2D eigenvalue weighted by molar-refractivity contribution is 5.76. The normalized spacial score (nSPS) is 10.3. The molecule has 0 aliphatic carbocycles. The maximum absolute atomic E-state index is 10.8. The van der Waals surface area contributed by atoms with Gasteiger partial charge in [-0.15, -0.1) is 0 Å². The first kappa shape index (κ1) is 91.5. The number of rotatable bonds is 18. The Morgan fingerprint density at radius 1 is 0.477 bits per heavy atom. The number of esters is 5. The SMILES string of the molecule is CC(C)(C)C(=O)OCO.CC(C)OC(=O)C(C)N.CC(C)OC(=O)CN.CC(C)OC(=O)OCO.CCC(N)C(=O)OC(C)C.CCOC(=O)CN.CCOc1ccccc1CO.CCOc1ccccc1O.OCc1ccccc1.Oc1ccccc1. The molecule has 25 nitrogen and oxygen atoms in total. The molecule has 0 bridgehead atoms. The Hall–Kier alpha value is -7.62. The van der Waals surface area contributed by atoms with Gasteiger partial charge < -0.3 is 96.2 Å². The number of benzene rings is 4. The molecule has 0 amide bonds. The van der Waals surface area contributed by atoms with Gasteiger partial charge in [-0.05, 0) is 146 Å². The van der Waals surface area contributed by atoms with Crippen LogP contribution < -0.4 is 32.4 Å². The van der Waals surface area contributed by atoms with Gasteiger partial charge in [0.1, 0.15) is 23.6 Å². The van der Waals surface area contributed by atoms with Gasteiger partial charge in [-0.2, -0.15) is 0 Å². The fourth-order valence-electron chi connectivity index (χ4n) is 4.59. The molecule has 0 radical (unpaired) electrons. The maximum atomic E-state index is 10.8. The van der Waals surface area contributed by atoms with Crippen molar-refractivity contribution in [3.05, 3.63) is 120 Å². The molecule has 0 heterocycles. The van der Waals surface area contributed by atoms with E-state index in [0.29, 0.717) is 37.7 Å². The molecular formula is C63H106N4O21. The molecule has 88 heavy (non-hydrogen) atoms. The lowest BCUT2D eigenvalue weighted by molar-refractivity contribution is -0.161. The zero-order valence-corrected chi connectivity index (χ0v) is 54.5. The van der Waals surface area contributed by atoms with E-state index in [0.717, 1.165) is 16.9 Å². The van der Waals surface area contributed by atoms with E-state index in [1.807, 2.05) is 87.5 Å². The van der Waals surface area contributed by atoms with Crippen LogP contribution in [0.5, 0.6) is 23.0 Å². The number of carbonyl (C=O) groups is 6. The highest BCUT2D eigenvalue weighted by atomic mass is 16.8. The van der Waals surface area contributed by atoms with Crippen LogP contribution in [0.25, 0.3) is 0 Å². The summed E-state index contributed by atoms with van der Waals surface area (Å²) in [7, 11) is 0. The third-order valence-electron chi connectivity index (χ3n) is 8.54. The van der Waals surface area contributed by atoms with Gasteiger partial charge in [0.05, 0.1) is 76.0 Å². The van der Waals surface area contributed by atoms with Crippen molar-refractivity contribution in [1.29, 1.82) is 0 Å². The first-order chi connectivity index (χ1) is 41.3. The molecule has 4 rings (SSSR count). The molecule has 0 aliphatic rings. The minimum atomic E-state index is -0.840. The van der Waals surface area contributed by atoms with Gasteiger partial charge in [-0.1, -0.05) is 85.8 Å². The van der Waals surface area contributed by atoms with E-state index in [9.17, 15) is 28.8 Å². The molecular weight excluding hydrogens is 1150 g/mol. The number of aliphatic hydroxyl groups is 4. The number of para-hydroxylation sites is 4. The van der Waals surface area contributed by atoms with Gasteiger partial charge in [0, 0.05) is 5.56 Å². The second-order valence-corrected chi connectivity index (χ2v) is 19.1. The quantitative estimate of drug-likeness (QED) is 0.0265. The summed E-state index contributed by atoms with van der Waals surface area (Å²) in [6, 6.07) is 31.7. The third kappa shape index (κ3) is 64.4. The Labute approximate surface area is 521 Å². The van der Waals surface area contributed by atoms with Crippen LogP contribution in [0.2, 0.25) is 0 Å². The smallest absolute Gasteiger partial charge is 0.508 e. The lowest BCUT2D eigenvalue weighted by Gasteiger charge is -2.14. The Kier molecular flexibility index (Phi) is 63.5. The summed E-state index contributed by atoms with van der Waals surface area (Å²) in [5.41, 5.74) is 21.7. The Morgan fingerprint density at radius 2 is 0.898 bits per heavy atom. The van der Waals surface area contributed by atoms with Crippen molar-refractivity contribution in [2.75, 3.05) is 46.5 Å². The van der Waals surface area contributed by atoms with Gasteiger partial charge in [0.25, 0.3) is 0 Å². The van der Waals surface area contributed by atoms with E-state index in [1.54, 1.807) is 132 Å². The van der Waals surface area contributed by atoms with E-state index < -0.39 is 37.2 Å². The molecule has 0 spiro atoms. The number of hydrogen-bond donors (Lipinski definition) is 10. The van der Waals surface area contributed by atoms with Crippen LogP contribution >= 0.6 is 0 Å². The van der Waals surface area contributed by atoms with Crippen molar-refractivity contribution in [3.63, 3.8) is 0 Å². The standard InChI is InChI=1S/C9H12O2.C8H10O2.C7H15NO2.C7H8O.C6H13NO2.C6H12O3.C6H6O.C5H11NO2.C5H10O4.C4H9NO2/c1-2-11-9-6-4-3-5-8(9)7-10;1-2-10-8-6-4-3-5-7(8)9;1-4-6(8)7(9)10-5(2)3;8-6-7-4-2-1-3-5-7;1-4(2)9-6(8)5(3)7;1-6(2,3)5(8)9-4-7;7-6-4-2-1-3-5-6;1-4(2)8-5(7)3-6;1-4(2)9-5(7)8-3-6;1-2-7-4(6)3-5/h3-6,10H,2,7H2,1H3;3-6,9H,2H2,1H3;5-6H,4,8H2,1-3H3;1-5,8H,6H2;4-5H,7H2,1-3H3;7H,4H2,1-3H3;1-5,7H;4H,3,6H2,1-2H3;4,6H,3H2,1-2H3;2-3,5H2,1H3. The maximum Gasteiger partial charge on any atom is 0.510 e. The van der Waals surface area contributed by atoms with Crippen LogP contribution in [0, 0.1) is 5.41 Å². The van der Waals surface area contributed by atoms with Crippen LogP contribution in [0.3, 0.4) is 0 Å². The summed E-state index contributed by atoms with van der Waals surface area (Å²) in [6.45, 7) is 28.9. The molecule has 2 atom stereocenters. The van der Waals surface area contributed by atoms with Crippen molar-refractivity contribution in [1.82, 2.24) is 0 Å². The van der Waals surface area contributed by atoms with Crippen molar-refractivity contribution in [3.8, 4) is 23.0 Å². The molecule has 14 N–H and O–H groups in total. The molecule has 4 aromatic rings. The molecule has 4 aromatic carbocycles. The van der Waals surface area contributed by atoms with Crippen molar-refractivity contribution in [2.45, 2.75) is 167 Å². The summed E-state index contributed by atoms with van der Waals surface area (Å²) in [5, 5.41) is 51.3. The Bertz CT molecular complexity index is 2300. The van der Waals surface area contributed by atoms with Crippen molar-refractivity contribution < 1.29 is 102 Å². The summed E-state index contributed by atoms with van der Waals surface area (Å²) >= 11 is 0. The number of hydrogen-bond acceptors (Lipinski definition) is 25. The molecule has 2 unspecified atom stereocenters. The van der Waals surface area contributed by atoms with Crippen LogP contribution in [-0.2, 0) is 70.3 Å². The minimum Gasteiger partial charge on any atom is -0.508 e. The summed E-state index contributed by atoms with van der Waals surface area (Å²) in [6.07, 6.45) is -0.595. The molecule has 0 aromatic heterocycles. The highest BCUT2D eigenvalue weighted by Gasteiger charge is 2.22. The fraction of sp³-hybridized carbons (Fsp3) is 0.524. The highest BCUT2D eigenvalue weighted by Crippen LogP contribution is 2.24. The molecule has 0 saturated carbocycles. The van der Waals surface area contributed by atoms with E-state index in [-0.39, 0.29) is 86.3 Å². The largest absolute Gasteiger partial charge is 0.510 e. The number of phenolic OH excluding ortho intramolecular Hbond substituents is 2. The first-order valence-corrected chi connectivity index (χ1v) is 28.3. The van der Waals surface area contributed by atoms with Crippen LogP contribution in [0.1, 0.15) is 128 Å². The van der Waals surface area contributed by atoms with Gasteiger partial charge in [0.15, 0.2) is 25.1 Å². The number of phenols is 2. The number of ether oxygens (including phenoxy) is 9. The number of aliphatic hydroxyl groups excluding tert-OH is 4. The summed E-state index contributed by atoms with van der Waals surface area (Å²) in [5.74, 6) is 0.115. The van der Waals surface area contributed by atoms with Gasteiger partial charge in [0.2, 0.25) is 0 Å². The molecule has 0 fully saturated rings. The van der Waals surface area contributed by atoms with E-state index in [2.05, 4.69) is 23.7 Å². The lowest BCUT2D eigenvalue weighted by atomic mass is 9.98. The van der Waals surface area contributed by atoms with E-state index >= 15 is 0 Å². The number of nitrogens with two attached hydrogens (primary N) is 4. The van der Waals surface area contributed by atoms with Gasteiger partial charge in [-0.25, -0.2) is 4.79 Å². The van der Waals surface area contributed by atoms with E-state index in [1.165, 1.54) is 0 Å². The predicted octanol–water partition coefficient (Wildman–Crippen LogP) is 7.33. The lowest BCUT2D eigenvalue weighted by Crippen LogP contribution is -2.32. The number of aromatic hydroxyl groups is 2. The molecule has 0 saturated heterocycles. The Balaban J connectivity index is -0.000000213. The first-order valence-electron chi connectivity index (χ1n) is 28.3. The number of carbonyl (C=O) groups excluding carboxylic acids is 6. The second kappa shape index (κ2) is 61.0. The zero-order chi connectivity index (χ0) is 69.1. The third-order valence-corrected chi connectivity index (χ3v) is 8.54. The predicted molar refractivity (Wildman–Crippen MR) is 336 cm³/mol. The van der Waals surface area contributed by atoms with Gasteiger partial charge >= 0.3 is 36.0 Å². The zero-order valence-electron chi connectivity index (χ0n) is 54.5.